The molecular formula is C20H17NOS2. The normalized spacial score (nSPS) is 12.7. The highest BCUT2D eigenvalue weighted by molar-refractivity contribution is 8.02. The molecule has 0 saturated carbocycles. The molecule has 0 radical (unpaired) electrons. The zero-order chi connectivity index (χ0) is 16.5. The first kappa shape index (κ1) is 15.5. The SMILES string of the molecule is CCC(Sc1cccs1)C(=O)n1c2ccccc2c2ccccc21. The molecule has 0 aliphatic carbocycles. The molecule has 120 valence electrons. The largest absolute Gasteiger partial charge is 0.279 e. The molecule has 4 aromatic rings. The van der Waals surface area contributed by atoms with Gasteiger partial charge in [-0.1, -0.05) is 49.4 Å². The van der Waals surface area contributed by atoms with Crippen molar-refractivity contribution in [1.82, 2.24) is 4.57 Å². The van der Waals surface area contributed by atoms with Crippen LogP contribution in [0.1, 0.15) is 18.1 Å². The predicted octanol–water partition coefficient (Wildman–Crippen LogP) is 6.07. The van der Waals surface area contributed by atoms with Gasteiger partial charge >= 0.3 is 0 Å². The number of rotatable bonds is 4. The van der Waals surface area contributed by atoms with Gasteiger partial charge in [0.1, 0.15) is 0 Å². The van der Waals surface area contributed by atoms with Crippen LogP contribution in [-0.2, 0) is 0 Å². The van der Waals surface area contributed by atoms with Crippen molar-refractivity contribution in [3.05, 3.63) is 66.0 Å². The third kappa shape index (κ3) is 2.56. The molecule has 2 aromatic carbocycles. The number of carbonyl (C=O) groups is 1. The lowest BCUT2D eigenvalue weighted by Gasteiger charge is -2.14. The molecule has 2 heterocycles. The van der Waals surface area contributed by atoms with E-state index in [1.165, 1.54) is 4.21 Å². The lowest BCUT2D eigenvalue weighted by molar-refractivity contribution is 0.0919. The third-order valence-electron chi connectivity index (χ3n) is 4.20. The summed E-state index contributed by atoms with van der Waals surface area (Å²) in [5.74, 6) is 0.160. The van der Waals surface area contributed by atoms with Gasteiger partial charge in [-0.15, -0.1) is 23.1 Å². The van der Waals surface area contributed by atoms with Crippen LogP contribution in [-0.4, -0.2) is 15.7 Å². The Morgan fingerprint density at radius 3 is 2.17 bits per heavy atom. The summed E-state index contributed by atoms with van der Waals surface area (Å²) in [4.78, 5) is 13.3. The second-order valence-electron chi connectivity index (χ2n) is 5.65. The molecule has 2 aromatic heterocycles. The second-order valence-corrected chi connectivity index (χ2v) is 8.11. The van der Waals surface area contributed by atoms with Crippen LogP contribution in [0.5, 0.6) is 0 Å². The van der Waals surface area contributed by atoms with E-state index in [4.69, 9.17) is 0 Å². The van der Waals surface area contributed by atoms with Crippen molar-refractivity contribution in [3.63, 3.8) is 0 Å². The van der Waals surface area contributed by atoms with Gasteiger partial charge in [0.05, 0.1) is 20.5 Å². The molecule has 0 saturated heterocycles. The minimum Gasteiger partial charge on any atom is -0.279 e. The number of thioether (sulfide) groups is 1. The summed E-state index contributed by atoms with van der Waals surface area (Å²) in [6.45, 7) is 2.08. The summed E-state index contributed by atoms with van der Waals surface area (Å²) in [5.41, 5.74) is 1.99. The minimum atomic E-state index is -0.0807. The molecule has 1 unspecified atom stereocenters. The van der Waals surface area contributed by atoms with Crippen LogP contribution in [0.25, 0.3) is 21.8 Å². The van der Waals surface area contributed by atoms with Crippen LogP contribution in [0.3, 0.4) is 0 Å². The van der Waals surface area contributed by atoms with E-state index in [-0.39, 0.29) is 11.2 Å². The zero-order valence-electron chi connectivity index (χ0n) is 13.3. The molecule has 0 aliphatic heterocycles. The van der Waals surface area contributed by atoms with Crippen molar-refractivity contribution >= 4 is 50.8 Å². The van der Waals surface area contributed by atoms with E-state index in [1.807, 2.05) is 47.0 Å². The summed E-state index contributed by atoms with van der Waals surface area (Å²) >= 11 is 3.36. The van der Waals surface area contributed by atoms with E-state index in [1.54, 1.807) is 23.1 Å². The van der Waals surface area contributed by atoms with Crippen LogP contribution in [0.4, 0.5) is 0 Å². The molecule has 1 atom stereocenters. The number of para-hydroxylation sites is 2. The van der Waals surface area contributed by atoms with Gasteiger partial charge in [-0.3, -0.25) is 9.36 Å². The van der Waals surface area contributed by atoms with Crippen LogP contribution in [0, 0.1) is 0 Å². The lowest BCUT2D eigenvalue weighted by Crippen LogP contribution is -2.23. The van der Waals surface area contributed by atoms with Gasteiger partial charge in [0, 0.05) is 10.8 Å². The Balaban J connectivity index is 1.86. The van der Waals surface area contributed by atoms with Crippen molar-refractivity contribution in [2.45, 2.75) is 22.8 Å². The van der Waals surface area contributed by atoms with E-state index in [0.717, 1.165) is 28.2 Å². The number of hydrogen-bond donors (Lipinski definition) is 0. The number of fused-ring (bicyclic) bond motifs is 3. The maximum atomic E-state index is 13.3. The molecule has 0 amide bonds. The minimum absolute atomic E-state index is 0.0807. The van der Waals surface area contributed by atoms with Gasteiger partial charge in [-0.2, -0.15) is 0 Å². The standard InChI is InChI=1S/C20H17NOS2/c1-2-18(24-19-12-7-13-23-19)20(22)21-16-10-5-3-8-14(16)15-9-4-6-11-17(15)21/h3-13,18H,2H2,1H3. The maximum Gasteiger partial charge on any atom is 0.245 e. The van der Waals surface area contributed by atoms with Crippen molar-refractivity contribution in [2.75, 3.05) is 0 Å². The molecule has 0 spiro atoms. The number of aromatic nitrogens is 1. The van der Waals surface area contributed by atoms with Crippen molar-refractivity contribution in [3.8, 4) is 0 Å². The smallest absolute Gasteiger partial charge is 0.245 e. The Labute approximate surface area is 149 Å². The first-order valence-electron chi connectivity index (χ1n) is 8.02. The van der Waals surface area contributed by atoms with Gasteiger partial charge in [0.25, 0.3) is 0 Å². The molecule has 4 heteroatoms. The average Bonchev–Trinajstić information content (AvgIpc) is 3.25. The first-order valence-corrected chi connectivity index (χ1v) is 9.78. The average molecular weight is 351 g/mol. The molecule has 0 aliphatic rings. The Bertz CT molecular complexity index is 948. The van der Waals surface area contributed by atoms with Crippen LogP contribution < -0.4 is 0 Å². The van der Waals surface area contributed by atoms with Crippen molar-refractivity contribution < 1.29 is 4.79 Å². The van der Waals surface area contributed by atoms with Crippen molar-refractivity contribution in [2.24, 2.45) is 0 Å². The summed E-state index contributed by atoms with van der Waals surface area (Å²) in [6, 6.07) is 20.4. The molecule has 2 nitrogen and oxygen atoms in total. The molecular weight excluding hydrogens is 334 g/mol. The fourth-order valence-corrected chi connectivity index (χ4v) is 5.08. The quantitative estimate of drug-likeness (QED) is 0.416. The highest BCUT2D eigenvalue weighted by Crippen LogP contribution is 2.34. The fourth-order valence-electron chi connectivity index (χ4n) is 3.08. The van der Waals surface area contributed by atoms with E-state index in [2.05, 4.69) is 30.5 Å². The van der Waals surface area contributed by atoms with E-state index in [0.29, 0.717) is 0 Å². The molecule has 4 rings (SSSR count). The summed E-state index contributed by atoms with van der Waals surface area (Å²) < 4.78 is 3.09. The van der Waals surface area contributed by atoms with E-state index in [9.17, 15) is 4.79 Å². The number of nitrogens with zero attached hydrogens (tertiary/aromatic N) is 1. The number of carbonyl (C=O) groups excluding carboxylic acids is 1. The molecule has 0 bridgehead atoms. The van der Waals surface area contributed by atoms with Crippen LogP contribution in [0.2, 0.25) is 0 Å². The summed E-state index contributed by atoms with van der Waals surface area (Å²) in [6.07, 6.45) is 0.808. The highest BCUT2D eigenvalue weighted by atomic mass is 32.2. The zero-order valence-corrected chi connectivity index (χ0v) is 14.9. The van der Waals surface area contributed by atoms with E-state index < -0.39 is 0 Å². The summed E-state index contributed by atoms with van der Waals surface area (Å²) in [7, 11) is 0. The maximum absolute atomic E-state index is 13.3. The lowest BCUT2D eigenvalue weighted by atomic mass is 10.2. The Hall–Kier alpha value is -2.04. The van der Waals surface area contributed by atoms with Gasteiger partial charge < -0.3 is 0 Å². The number of benzene rings is 2. The van der Waals surface area contributed by atoms with Crippen LogP contribution >= 0.6 is 23.1 Å². The van der Waals surface area contributed by atoms with Crippen molar-refractivity contribution in [1.29, 1.82) is 0 Å². The molecule has 24 heavy (non-hydrogen) atoms. The Morgan fingerprint density at radius 1 is 1.00 bits per heavy atom. The highest BCUT2D eigenvalue weighted by Gasteiger charge is 2.23. The van der Waals surface area contributed by atoms with Gasteiger partial charge in [-0.05, 0) is 30.0 Å². The first-order chi connectivity index (χ1) is 11.8. The Morgan fingerprint density at radius 2 is 1.62 bits per heavy atom. The monoisotopic (exact) mass is 351 g/mol. The number of hydrogen-bond acceptors (Lipinski definition) is 3. The summed E-state index contributed by atoms with van der Waals surface area (Å²) in [5, 5.41) is 4.25. The van der Waals surface area contributed by atoms with E-state index >= 15 is 0 Å². The third-order valence-corrected chi connectivity index (χ3v) is 6.63. The predicted molar refractivity (Wildman–Crippen MR) is 104 cm³/mol. The number of thiophene rings is 1. The van der Waals surface area contributed by atoms with Gasteiger partial charge in [0.15, 0.2) is 0 Å². The molecule has 0 N–H and O–H groups in total. The van der Waals surface area contributed by atoms with Gasteiger partial charge in [0.2, 0.25) is 5.91 Å². The Kier molecular flexibility index (Phi) is 4.17. The molecule has 0 fully saturated rings. The van der Waals surface area contributed by atoms with Gasteiger partial charge in [-0.25, -0.2) is 0 Å². The topological polar surface area (TPSA) is 22.0 Å². The second kappa shape index (κ2) is 6.46. The fraction of sp³-hybridized carbons (Fsp3) is 0.150. The van der Waals surface area contributed by atoms with Crippen LogP contribution in [0.15, 0.2) is 70.3 Å².